The van der Waals surface area contributed by atoms with E-state index in [0.29, 0.717) is 12.3 Å². The summed E-state index contributed by atoms with van der Waals surface area (Å²) >= 11 is 0. The predicted octanol–water partition coefficient (Wildman–Crippen LogP) is 1.69. The molecule has 5 heteroatoms. The molecule has 0 saturated heterocycles. The van der Waals surface area contributed by atoms with E-state index in [0.717, 1.165) is 12.0 Å². The van der Waals surface area contributed by atoms with Crippen LogP contribution in [0.5, 0.6) is 5.75 Å². The van der Waals surface area contributed by atoms with Gasteiger partial charge in [0.1, 0.15) is 5.75 Å². The molecule has 0 bridgehead atoms. The Morgan fingerprint density at radius 3 is 2.58 bits per heavy atom. The molecule has 5 nitrogen and oxygen atoms in total. The Morgan fingerprint density at radius 2 is 2.00 bits per heavy atom. The Bertz CT molecular complexity index is 451. The fraction of sp³-hybridized carbons (Fsp3) is 0.286. The van der Waals surface area contributed by atoms with Crippen LogP contribution in [0.2, 0.25) is 0 Å². The number of hydrogen-bond donors (Lipinski definition) is 2. The van der Waals surface area contributed by atoms with Crippen LogP contribution >= 0.6 is 0 Å². The molecule has 0 atom stereocenters. The molecule has 1 rings (SSSR count). The van der Waals surface area contributed by atoms with Gasteiger partial charge in [-0.2, -0.15) is 0 Å². The third-order valence-electron chi connectivity index (χ3n) is 2.24. The minimum atomic E-state index is -0.998. The van der Waals surface area contributed by atoms with Crippen LogP contribution in [0.3, 0.4) is 0 Å². The fourth-order valence-electron chi connectivity index (χ4n) is 1.37. The van der Waals surface area contributed by atoms with Gasteiger partial charge in [0, 0.05) is 13.5 Å². The number of aliphatic carboxylic acids is 1. The third-order valence-corrected chi connectivity index (χ3v) is 2.24. The van der Waals surface area contributed by atoms with Crippen LogP contribution in [0.15, 0.2) is 30.3 Å². The molecule has 0 saturated carbocycles. The molecule has 19 heavy (non-hydrogen) atoms. The molecule has 0 fully saturated rings. The third kappa shape index (κ3) is 6.88. The second-order valence-electron chi connectivity index (χ2n) is 3.93. The van der Waals surface area contributed by atoms with Crippen molar-refractivity contribution in [3.8, 4) is 5.75 Å². The molecule has 2 N–H and O–H groups in total. The van der Waals surface area contributed by atoms with Crippen molar-refractivity contribution in [2.75, 3.05) is 13.2 Å². The number of nitrogens with one attached hydrogen (secondary N) is 1. The minimum Gasteiger partial charge on any atom is -0.482 e. The van der Waals surface area contributed by atoms with E-state index in [1.54, 1.807) is 12.1 Å². The normalized spacial score (nSPS) is 10.4. The quantitative estimate of drug-likeness (QED) is 0.734. The van der Waals surface area contributed by atoms with E-state index in [9.17, 15) is 9.59 Å². The summed E-state index contributed by atoms with van der Waals surface area (Å²) in [5, 5.41) is 11.2. The highest BCUT2D eigenvalue weighted by atomic mass is 16.5. The first-order valence-corrected chi connectivity index (χ1v) is 5.93. The van der Waals surface area contributed by atoms with Crippen LogP contribution in [0, 0.1) is 0 Å². The molecule has 0 unspecified atom stereocenters. The summed E-state index contributed by atoms with van der Waals surface area (Å²) in [6.45, 7) is 1.76. The van der Waals surface area contributed by atoms with Crippen molar-refractivity contribution in [2.24, 2.45) is 0 Å². The Morgan fingerprint density at radius 1 is 1.32 bits per heavy atom. The monoisotopic (exact) mass is 263 g/mol. The lowest BCUT2D eigenvalue weighted by Crippen LogP contribution is -2.20. The summed E-state index contributed by atoms with van der Waals surface area (Å²) in [4.78, 5) is 21.0. The maximum atomic E-state index is 10.6. The van der Waals surface area contributed by atoms with Gasteiger partial charge in [0.2, 0.25) is 5.91 Å². The molecule has 0 heterocycles. The summed E-state index contributed by atoms with van der Waals surface area (Å²) in [6.07, 6.45) is 4.66. The van der Waals surface area contributed by atoms with E-state index < -0.39 is 5.97 Å². The van der Waals surface area contributed by atoms with E-state index in [1.165, 1.54) is 6.92 Å². The molecule has 1 aromatic rings. The number of hydrogen-bond acceptors (Lipinski definition) is 3. The van der Waals surface area contributed by atoms with Crippen LogP contribution < -0.4 is 10.1 Å². The average Bonchev–Trinajstić information content (AvgIpc) is 2.37. The van der Waals surface area contributed by atoms with Gasteiger partial charge in [-0.15, -0.1) is 0 Å². The first kappa shape index (κ1) is 14.8. The van der Waals surface area contributed by atoms with Crippen LogP contribution in [0.25, 0.3) is 6.08 Å². The molecule has 1 aromatic carbocycles. The molecule has 0 aliphatic carbocycles. The van der Waals surface area contributed by atoms with Gasteiger partial charge in [-0.1, -0.05) is 24.3 Å². The van der Waals surface area contributed by atoms with Crippen LogP contribution in [-0.4, -0.2) is 30.1 Å². The maximum absolute atomic E-state index is 10.6. The first-order valence-electron chi connectivity index (χ1n) is 5.93. The highest BCUT2D eigenvalue weighted by molar-refractivity contribution is 5.72. The second kappa shape index (κ2) is 7.92. The highest BCUT2D eigenvalue weighted by Gasteiger charge is 1.98. The lowest BCUT2D eigenvalue weighted by atomic mass is 10.2. The summed E-state index contributed by atoms with van der Waals surface area (Å²) in [6, 6.07) is 7.12. The molecule has 0 aliphatic rings. The van der Waals surface area contributed by atoms with Gasteiger partial charge in [-0.25, -0.2) is 4.79 Å². The van der Waals surface area contributed by atoms with Crippen LogP contribution in [-0.2, 0) is 9.59 Å². The highest BCUT2D eigenvalue weighted by Crippen LogP contribution is 2.13. The van der Waals surface area contributed by atoms with Gasteiger partial charge in [0.25, 0.3) is 0 Å². The van der Waals surface area contributed by atoms with Gasteiger partial charge in [-0.05, 0) is 24.1 Å². The van der Waals surface area contributed by atoms with Gasteiger partial charge in [-0.3, -0.25) is 4.79 Å². The molecule has 0 radical (unpaired) electrons. The number of carboxylic acid groups (broad SMARTS) is 1. The molecule has 102 valence electrons. The number of carbonyl (C=O) groups excluding carboxylic acids is 1. The lowest BCUT2D eigenvalue weighted by molar-refractivity contribution is -0.139. The van der Waals surface area contributed by atoms with E-state index in [2.05, 4.69) is 5.32 Å². The Hall–Kier alpha value is -2.30. The number of ether oxygens (including phenoxy) is 1. The zero-order valence-electron chi connectivity index (χ0n) is 10.8. The number of amides is 1. The topological polar surface area (TPSA) is 75.6 Å². The van der Waals surface area contributed by atoms with Crippen molar-refractivity contribution in [3.63, 3.8) is 0 Å². The number of carboxylic acids is 1. The predicted molar refractivity (Wildman–Crippen MR) is 71.9 cm³/mol. The SMILES string of the molecule is CC(=O)NCCC=Cc1ccc(OCC(=O)O)cc1. The fourth-order valence-corrected chi connectivity index (χ4v) is 1.37. The molecular formula is C14H17NO4. The molecule has 0 aromatic heterocycles. The Balaban J connectivity index is 2.37. The van der Waals surface area contributed by atoms with Crippen molar-refractivity contribution >= 4 is 18.0 Å². The number of carbonyl (C=O) groups is 2. The smallest absolute Gasteiger partial charge is 0.341 e. The van der Waals surface area contributed by atoms with E-state index >= 15 is 0 Å². The maximum Gasteiger partial charge on any atom is 0.341 e. The zero-order valence-corrected chi connectivity index (χ0v) is 10.8. The van der Waals surface area contributed by atoms with E-state index in [1.807, 2.05) is 24.3 Å². The standard InChI is InChI=1S/C14H17NO4/c1-11(16)15-9-3-2-4-12-5-7-13(8-6-12)19-10-14(17)18/h2,4-8H,3,9-10H2,1H3,(H,15,16)(H,17,18). The molecular weight excluding hydrogens is 246 g/mol. The van der Waals surface area contributed by atoms with Gasteiger partial charge in [0.05, 0.1) is 0 Å². The average molecular weight is 263 g/mol. The van der Waals surface area contributed by atoms with Crippen molar-refractivity contribution < 1.29 is 19.4 Å². The van der Waals surface area contributed by atoms with E-state index in [-0.39, 0.29) is 12.5 Å². The summed E-state index contributed by atoms with van der Waals surface area (Å²) in [5.74, 6) is -0.506. The van der Waals surface area contributed by atoms with Crippen molar-refractivity contribution in [1.29, 1.82) is 0 Å². The lowest BCUT2D eigenvalue weighted by Gasteiger charge is -2.02. The van der Waals surface area contributed by atoms with Gasteiger partial charge in [0.15, 0.2) is 6.61 Å². The van der Waals surface area contributed by atoms with Crippen molar-refractivity contribution in [2.45, 2.75) is 13.3 Å². The molecule has 0 spiro atoms. The zero-order chi connectivity index (χ0) is 14.1. The Labute approximate surface area is 111 Å². The van der Waals surface area contributed by atoms with Crippen LogP contribution in [0.4, 0.5) is 0 Å². The number of benzene rings is 1. The van der Waals surface area contributed by atoms with Crippen molar-refractivity contribution in [1.82, 2.24) is 5.32 Å². The number of rotatable bonds is 7. The largest absolute Gasteiger partial charge is 0.482 e. The van der Waals surface area contributed by atoms with Crippen molar-refractivity contribution in [3.05, 3.63) is 35.9 Å². The summed E-state index contributed by atoms with van der Waals surface area (Å²) in [7, 11) is 0. The molecule has 1 amide bonds. The minimum absolute atomic E-state index is 0.0340. The first-order chi connectivity index (χ1) is 9.08. The van der Waals surface area contributed by atoms with Crippen LogP contribution in [0.1, 0.15) is 18.9 Å². The van der Waals surface area contributed by atoms with Gasteiger partial charge < -0.3 is 15.2 Å². The van der Waals surface area contributed by atoms with Gasteiger partial charge >= 0.3 is 5.97 Å². The summed E-state index contributed by atoms with van der Waals surface area (Å²) in [5.41, 5.74) is 0.991. The second-order valence-corrected chi connectivity index (χ2v) is 3.93. The summed E-state index contributed by atoms with van der Waals surface area (Å²) < 4.78 is 5.02. The van der Waals surface area contributed by atoms with E-state index in [4.69, 9.17) is 9.84 Å². The Kier molecular flexibility index (Phi) is 6.15. The molecule has 0 aliphatic heterocycles.